The van der Waals surface area contributed by atoms with Crippen LogP contribution in [0.15, 0.2) is 18.3 Å². The largest absolute Gasteiger partial charge is 0.348 e. The van der Waals surface area contributed by atoms with Crippen LogP contribution in [0.1, 0.15) is 48.2 Å². The molecular formula is C15H18N4O. The summed E-state index contributed by atoms with van der Waals surface area (Å²) >= 11 is 0. The summed E-state index contributed by atoms with van der Waals surface area (Å²) in [4.78, 5) is 16.2. The Morgan fingerprint density at radius 3 is 2.95 bits per heavy atom. The van der Waals surface area contributed by atoms with E-state index in [1.807, 2.05) is 6.07 Å². The van der Waals surface area contributed by atoms with E-state index in [2.05, 4.69) is 15.6 Å². The van der Waals surface area contributed by atoms with Crippen molar-refractivity contribution in [2.45, 2.75) is 43.7 Å². The molecule has 1 amide bonds. The molecule has 3 rings (SSSR count). The lowest BCUT2D eigenvalue weighted by Gasteiger charge is -2.48. The lowest BCUT2D eigenvalue weighted by molar-refractivity contribution is 0.0848. The lowest BCUT2D eigenvalue weighted by atomic mass is 9.70. The Kier molecular flexibility index (Phi) is 3.41. The number of nitriles is 1. The van der Waals surface area contributed by atoms with Gasteiger partial charge in [-0.2, -0.15) is 5.26 Å². The number of hydrogen-bond donors (Lipinski definition) is 2. The fourth-order valence-corrected chi connectivity index (χ4v) is 3.12. The second kappa shape index (κ2) is 5.22. The molecule has 104 valence electrons. The van der Waals surface area contributed by atoms with Gasteiger partial charge in [0.2, 0.25) is 0 Å². The molecule has 1 aliphatic heterocycles. The first-order chi connectivity index (χ1) is 9.71. The Balaban J connectivity index is 1.61. The molecule has 0 radical (unpaired) electrons. The van der Waals surface area contributed by atoms with Gasteiger partial charge in [0, 0.05) is 17.8 Å². The van der Waals surface area contributed by atoms with Gasteiger partial charge in [0.1, 0.15) is 11.8 Å². The van der Waals surface area contributed by atoms with Crippen molar-refractivity contribution in [2.75, 3.05) is 6.54 Å². The number of rotatable bonds is 2. The standard InChI is InChI=1S/C15H18N4O/c16-9-11-2-3-13(17-10-11)14(20)19-12-4-7-18-15(8-12)5-1-6-15/h2-3,10,12,18H,1,4-8H2,(H,19,20). The maximum atomic E-state index is 12.2. The topological polar surface area (TPSA) is 77.8 Å². The monoisotopic (exact) mass is 270 g/mol. The number of nitrogens with one attached hydrogen (secondary N) is 2. The van der Waals surface area contributed by atoms with Crippen molar-refractivity contribution in [2.24, 2.45) is 0 Å². The van der Waals surface area contributed by atoms with E-state index in [0.717, 1.165) is 19.4 Å². The highest BCUT2D eigenvalue weighted by Gasteiger charge is 2.41. The predicted molar refractivity (Wildman–Crippen MR) is 74.0 cm³/mol. The van der Waals surface area contributed by atoms with Crippen LogP contribution in [0, 0.1) is 11.3 Å². The highest BCUT2D eigenvalue weighted by molar-refractivity contribution is 5.92. The van der Waals surface area contributed by atoms with Gasteiger partial charge in [-0.3, -0.25) is 4.79 Å². The molecule has 5 nitrogen and oxygen atoms in total. The number of hydrogen-bond acceptors (Lipinski definition) is 4. The molecule has 2 heterocycles. The minimum Gasteiger partial charge on any atom is -0.348 e. The Bertz CT molecular complexity index is 542. The van der Waals surface area contributed by atoms with Gasteiger partial charge in [-0.1, -0.05) is 0 Å². The number of aromatic nitrogens is 1. The molecule has 1 unspecified atom stereocenters. The van der Waals surface area contributed by atoms with Crippen LogP contribution >= 0.6 is 0 Å². The molecule has 1 atom stereocenters. The average Bonchev–Trinajstić information content (AvgIpc) is 2.46. The van der Waals surface area contributed by atoms with Crippen LogP contribution in [0.5, 0.6) is 0 Å². The molecule has 0 aromatic carbocycles. The molecule has 1 aromatic heterocycles. The van der Waals surface area contributed by atoms with E-state index < -0.39 is 0 Å². The van der Waals surface area contributed by atoms with Crippen molar-refractivity contribution < 1.29 is 4.79 Å². The highest BCUT2D eigenvalue weighted by atomic mass is 16.1. The predicted octanol–water partition coefficient (Wildman–Crippen LogP) is 1.36. The smallest absolute Gasteiger partial charge is 0.270 e. The molecule has 2 fully saturated rings. The molecule has 1 spiro atoms. The fraction of sp³-hybridized carbons (Fsp3) is 0.533. The molecule has 1 aromatic rings. The first kappa shape index (κ1) is 13.1. The molecule has 1 saturated heterocycles. The molecule has 20 heavy (non-hydrogen) atoms. The third kappa shape index (κ3) is 2.52. The number of nitrogens with zero attached hydrogens (tertiary/aromatic N) is 2. The van der Waals surface area contributed by atoms with Crippen LogP contribution < -0.4 is 10.6 Å². The summed E-state index contributed by atoms with van der Waals surface area (Å²) in [6.45, 7) is 0.964. The SMILES string of the molecule is N#Cc1ccc(C(=O)NC2CCNC3(CCC3)C2)nc1. The van der Waals surface area contributed by atoms with E-state index in [1.165, 1.54) is 25.5 Å². The summed E-state index contributed by atoms with van der Waals surface area (Å²) in [5.41, 5.74) is 1.12. The molecular weight excluding hydrogens is 252 g/mol. The van der Waals surface area contributed by atoms with Gasteiger partial charge in [-0.15, -0.1) is 0 Å². The van der Waals surface area contributed by atoms with Crippen LogP contribution in [0.4, 0.5) is 0 Å². The van der Waals surface area contributed by atoms with Crippen LogP contribution in [0.25, 0.3) is 0 Å². The van der Waals surface area contributed by atoms with Crippen molar-refractivity contribution in [3.05, 3.63) is 29.6 Å². The second-order valence-electron chi connectivity index (χ2n) is 5.77. The zero-order valence-corrected chi connectivity index (χ0v) is 11.4. The van der Waals surface area contributed by atoms with Crippen molar-refractivity contribution in [1.29, 1.82) is 5.26 Å². The first-order valence-corrected chi connectivity index (χ1v) is 7.13. The summed E-state index contributed by atoms with van der Waals surface area (Å²) in [5.74, 6) is -0.143. The fourth-order valence-electron chi connectivity index (χ4n) is 3.12. The summed E-state index contributed by atoms with van der Waals surface area (Å²) in [6, 6.07) is 5.45. The summed E-state index contributed by atoms with van der Waals surface area (Å²) < 4.78 is 0. The van der Waals surface area contributed by atoms with Crippen molar-refractivity contribution >= 4 is 5.91 Å². The molecule has 5 heteroatoms. The van der Waals surface area contributed by atoms with Crippen molar-refractivity contribution in [3.63, 3.8) is 0 Å². The van der Waals surface area contributed by atoms with Crippen LogP contribution in [0.2, 0.25) is 0 Å². The minimum absolute atomic E-state index is 0.143. The van der Waals surface area contributed by atoms with E-state index in [0.29, 0.717) is 11.3 Å². The molecule has 1 aliphatic carbocycles. The third-order valence-electron chi connectivity index (χ3n) is 4.40. The number of amides is 1. The normalized spacial score (nSPS) is 23.6. The third-order valence-corrected chi connectivity index (χ3v) is 4.40. The van der Waals surface area contributed by atoms with Gasteiger partial charge in [-0.05, 0) is 50.8 Å². The van der Waals surface area contributed by atoms with E-state index in [9.17, 15) is 4.79 Å². The first-order valence-electron chi connectivity index (χ1n) is 7.13. The van der Waals surface area contributed by atoms with E-state index in [4.69, 9.17) is 5.26 Å². The van der Waals surface area contributed by atoms with Gasteiger partial charge in [-0.25, -0.2) is 4.98 Å². The van der Waals surface area contributed by atoms with E-state index >= 15 is 0 Å². The zero-order valence-electron chi connectivity index (χ0n) is 11.4. The maximum absolute atomic E-state index is 12.2. The van der Waals surface area contributed by atoms with E-state index in [-0.39, 0.29) is 17.5 Å². The Morgan fingerprint density at radius 1 is 1.50 bits per heavy atom. The van der Waals surface area contributed by atoms with Gasteiger partial charge < -0.3 is 10.6 Å². The second-order valence-corrected chi connectivity index (χ2v) is 5.77. The molecule has 2 aliphatic rings. The van der Waals surface area contributed by atoms with Gasteiger partial charge in [0.15, 0.2) is 0 Å². The highest BCUT2D eigenvalue weighted by Crippen LogP contribution is 2.38. The molecule has 2 N–H and O–H groups in total. The Labute approximate surface area is 118 Å². The summed E-state index contributed by atoms with van der Waals surface area (Å²) in [6.07, 6.45) is 7.12. The Morgan fingerprint density at radius 2 is 2.35 bits per heavy atom. The summed E-state index contributed by atoms with van der Waals surface area (Å²) in [7, 11) is 0. The van der Waals surface area contributed by atoms with Crippen molar-refractivity contribution in [1.82, 2.24) is 15.6 Å². The number of carbonyl (C=O) groups is 1. The zero-order chi connectivity index (χ0) is 14.0. The summed E-state index contributed by atoms with van der Waals surface area (Å²) in [5, 5.41) is 15.4. The molecule has 1 saturated carbocycles. The average molecular weight is 270 g/mol. The van der Waals surface area contributed by atoms with Crippen LogP contribution in [-0.2, 0) is 0 Å². The quantitative estimate of drug-likeness (QED) is 0.850. The van der Waals surface area contributed by atoms with Gasteiger partial charge >= 0.3 is 0 Å². The minimum atomic E-state index is -0.143. The van der Waals surface area contributed by atoms with Crippen molar-refractivity contribution in [3.8, 4) is 6.07 Å². The maximum Gasteiger partial charge on any atom is 0.270 e. The van der Waals surface area contributed by atoms with Crippen LogP contribution in [-0.4, -0.2) is 29.0 Å². The lowest BCUT2D eigenvalue weighted by Crippen LogP contribution is -2.59. The molecule has 0 bridgehead atoms. The number of pyridine rings is 1. The van der Waals surface area contributed by atoms with Gasteiger partial charge in [0.25, 0.3) is 5.91 Å². The van der Waals surface area contributed by atoms with Gasteiger partial charge in [0.05, 0.1) is 5.56 Å². The van der Waals surface area contributed by atoms with E-state index in [1.54, 1.807) is 12.1 Å². The number of piperidine rings is 1. The Hall–Kier alpha value is -1.93. The number of carbonyl (C=O) groups excluding carboxylic acids is 1. The van der Waals surface area contributed by atoms with Crippen LogP contribution in [0.3, 0.4) is 0 Å².